The van der Waals surface area contributed by atoms with Crippen molar-refractivity contribution in [2.24, 2.45) is 0 Å². The molecule has 1 aliphatic rings. The molecule has 0 saturated carbocycles. The molecule has 2 rings (SSSR count). The summed E-state index contributed by atoms with van der Waals surface area (Å²) in [5.74, 6) is -0.0277. The standard InChI is InChI=1S/C12H14ClNO2/c1-8-5-9(2)12(10(13)6-8)14-3-4-16-7-11(14)15/h5-6H,3-4,7H2,1-2H3. The Kier molecular flexibility index (Phi) is 3.17. The molecule has 86 valence electrons. The average molecular weight is 240 g/mol. The number of hydrogen-bond acceptors (Lipinski definition) is 2. The van der Waals surface area contributed by atoms with Gasteiger partial charge in [0.2, 0.25) is 0 Å². The van der Waals surface area contributed by atoms with E-state index < -0.39 is 0 Å². The summed E-state index contributed by atoms with van der Waals surface area (Å²) < 4.78 is 5.10. The lowest BCUT2D eigenvalue weighted by Gasteiger charge is -2.29. The molecule has 1 aromatic carbocycles. The van der Waals surface area contributed by atoms with Crippen molar-refractivity contribution >= 4 is 23.2 Å². The summed E-state index contributed by atoms with van der Waals surface area (Å²) in [6.07, 6.45) is 0. The van der Waals surface area contributed by atoms with Crippen LogP contribution in [0.4, 0.5) is 5.69 Å². The topological polar surface area (TPSA) is 29.5 Å². The Hall–Kier alpha value is -1.06. The highest BCUT2D eigenvalue weighted by atomic mass is 35.5. The fraction of sp³-hybridized carbons (Fsp3) is 0.417. The van der Waals surface area contributed by atoms with Crippen LogP contribution in [-0.2, 0) is 9.53 Å². The van der Waals surface area contributed by atoms with Crippen molar-refractivity contribution in [1.82, 2.24) is 0 Å². The number of carbonyl (C=O) groups is 1. The van der Waals surface area contributed by atoms with E-state index in [2.05, 4.69) is 0 Å². The Labute approximate surface area is 100.0 Å². The Balaban J connectivity index is 2.42. The van der Waals surface area contributed by atoms with E-state index in [1.807, 2.05) is 26.0 Å². The molecule has 0 atom stereocenters. The fourth-order valence-electron chi connectivity index (χ4n) is 2.00. The Morgan fingerprint density at radius 2 is 2.12 bits per heavy atom. The summed E-state index contributed by atoms with van der Waals surface area (Å²) in [7, 11) is 0. The van der Waals surface area contributed by atoms with Gasteiger partial charge < -0.3 is 9.64 Å². The van der Waals surface area contributed by atoms with Crippen molar-refractivity contribution < 1.29 is 9.53 Å². The molecule has 0 bridgehead atoms. The van der Waals surface area contributed by atoms with Gasteiger partial charge in [0.25, 0.3) is 5.91 Å². The van der Waals surface area contributed by atoms with E-state index >= 15 is 0 Å². The van der Waals surface area contributed by atoms with Crippen molar-refractivity contribution in [3.8, 4) is 0 Å². The smallest absolute Gasteiger partial charge is 0.253 e. The maximum absolute atomic E-state index is 11.7. The van der Waals surface area contributed by atoms with Crippen LogP contribution in [0.25, 0.3) is 0 Å². The van der Waals surface area contributed by atoms with Crippen LogP contribution >= 0.6 is 11.6 Å². The van der Waals surface area contributed by atoms with E-state index in [-0.39, 0.29) is 12.5 Å². The zero-order valence-electron chi connectivity index (χ0n) is 9.42. The maximum atomic E-state index is 11.7. The van der Waals surface area contributed by atoms with E-state index in [0.29, 0.717) is 18.2 Å². The fourth-order valence-corrected chi connectivity index (χ4v) is 2.43. The highest BCUT2D eigenvalue weighted by Gasteiger charge is 2.23. The van der Waals surface area contributed by atoms with E-state index in [1.54, 1.807) is 4.90 Å². The van der Waals surface area contributed by atoms with E-state index in [0.717, 1.165) is 16.8 Å². The van der Waals surface area contributed by atoms with Crippen LogP contribution in [0, 0.1) is 13.8 Å². The Morgan fingerprint density at radius 1 is 1.38 bits per heavy atom. The van der Waals surface area contributed by atoms with Gasteiger partial charge in [-0.05, 0) is 31.0 Å². The molecule has 4 heteroatoms. The van der Waals surface area contributed by atoms with Gasteiger partial charge in [-0.1, -0.05) is 17.7 Å². The summed E-state index contributed by atoms with van der Waals surface area (Å²) >= 11 is 6.20. The molecule has 1 amide bonds. The number of hydrogen-bond donors (Lipinski definition) is 0. The number of morpholine rings is 1. The first kappa shape index (κ1) is 11.4. The molecule has 0 spiro atoms. The number of rotatable bonds is 1. The maximum Gasteiger partial charge on any atom is 0.253 e. The number of halogens is 1. The summed E-state index contributed by atoms with van der Waals surface area (Å²) in [5.41, 5.74) is 2.95. The Morgan fingerprint density at radius 3 is 2.75 bits per heavy atom. The lowest BCUT2D eigenvalue weighted by atomic mass is 10.1. The van der Waals surface area contributed by atoms with Crippen LogP contribution in [0.2, 0.25) is 5.02 Å². The predicted molar refractivity (Wildman–Crippen MR) is 64.1 cm³/mol. The average Bonchev–Trinajstić information content (AvgIpc) is 2.19. The highest BCUT2D eigenvalue weighted by Crippen LogP contribution is 2.31. The van der Waals surface area contributed by atoms with Crippen molar-refractivity contribution in [2.75, 3.05) is 24.7 Å². The molecule has 1 aromatic rings. The molecule has 0 radical (unpaired) electrons. The monoisotopic (exact) mass is 239 g/mol. The Bertz CT molecular complexity index is 408. The third-order valence-electron chi connectivity index (χ3n) is 2.65. The third kappa shape index (κ3) is 2.06. The van der Waals surface area contributed by atoms with E-state index in [4.69, 9.17) is 16.3 Å². The molecule has 0 aliphatic carbocycles. The summed E-state index contributed by atoms with van der Waals surface area (Å²) in [6, 6.07) is 3.91. The molecule has 0 aromatic heterocycles. The predicted octanol–water partition coefficient (Wildman–Crippen LogP) is 2.32. The number of benzene rings is 1. The number of amides is 1. The van der Waals surface area contributed by atoms with Crippen molar-refractivity contribution in [1.29, 1.82) is 0 Å². The molecule has 1 saturated heterocycles. The molecule has 16 heavy (non-hydrogen) atoms. The molecule has 1 heterocycles. The van der Waals surface area contributed by atoms with Gasteiger partial charge in [-0.3, -0.25) is 4.79 Å². The van der Waals surface area contributed by atoms with Crippen molar-refractivity contribution in [3.63, 3.8) is 0 Å². The highest BCUT2D eigenvalue weighted by molar-refractivity contribution is 6.34. The second-order valence-electron chi connectivity index (χ2n) is 4.01. The first-order valence-electron chi connectivity index (χ1n) is 5.24. The molecule has 3 nitrogen and oxygen atoms in total. The van der Waals surface area contributed by atoms with Crippen LogP contribution < -0.4 is 4.90 Å². The minimum Gasteiger partial charge on any atom is -0.370 e. The van der Waals surface area contributed by atoms with Gasteiger partial charge in [-0.25, -0.2) is 0 Å². The molecular formula is C12H14ClNO2. The van der Waals surface area contributed by atoms with Crippen LogP contribution in [0.15, 0.2) is 12.1 Å². The minimum absolute atomic E-state index is 0.0277. The van der Waals surface area contributed by atoms with Gasteiger partial charge in [0, 0.05) is 6.54 Å². The molecule has 0 N–H and O–H groups in total. The number of aryl methyl sites for hydroxylation is 2. The van der Waals surface area contributed by atoms with Crippen LogP contribution in [0.3, 0.4) is 0 Å². The summed E-state index contributed by atoms with van der Waals surface area (Å²) in [4.78, 5) is 13.4. The van der Waals surface area contributed by atoms with Crippen LogP contribution in [-0.4, -0.2) is 25.7 Å². The van der Waals surface area contributed by atoms with Gasteiger partial charge in [-0.2, -0.15) is 0 Å². The summed E-state index contributed by atoms with van der Waals surface area (Å²) in [6.45, 7) is 5.24. The third-order valence-corrected chi connectivity index (χ3v) is 2.94. The first-order chi connectivity index (χ1) is 7.59. The van der Waals surface area contributed by atoms with Gasteiger partial charge in [0.15, 0.2) is 0 Å². The molecule has 0 unspecified atom stereocenters. The summed E-state index contributed by atoms with van der Waals surface area (Å²) in [5, 5.41) is 0.632. The molecule has 1 fully saturated rings. The first-order valence-corrected chi connectivity index (χ1v) is 5.62. The number of nitrogens with zero attached hydrogens (tertiary/aromatic N) is 1. The van der Waals surface area contributed by atoms with Crippen LogP contribution in [0.5, 0.6) is 0 Å². The zero-order chi connectivity index (χ0) is 11.7. The molecule has 1 aliphatic heterocycles. The lowest BCUT2D eigenvalue weighted by Crippen LogP contribution is -2.42. The van der Waals surface area contributed by atoms with Gasteiger partial charge in [0.1, 0.15) is 6.61 Å². The second kappa shape index (κ2) is 4.44. The zero-order valence-corrected chi connectivity index (χ0v) is 10.2. The number of carbonyl (C=O) groups excluding carboxylic acids is 1. The number of ether oxygens (including phenoxy) is 1. The second-order valence-corrected chi connectivity index (χ2v) is 4.42. The van der Waals surface area contributed by atoms with Crippen LogP contribution in [0.1, 0.15) is 11.1 Å². The normalized spacial score (nSPS) is 16.7. The van der Waals surface area contributed by atoms with Gasteiger partial charge in [0.05, 0.1) is 17.3 Å². The van der Waals surface area contributed by atoms with Gasteiger partial charge >= 0.3 is 0 Å². The van der Waals surface area contributed by atoms with E-state index in [9.17, 15) is 4.79 Å². The molecular weight excluding hydrogens is 226 g/mol. The SMILES string of the molecule is Cc1cc(C)c(N2CCOCC2=O)c(Cl)c1. The minimum atomic E-state index is -0.0277. The van der Waals surface area contributed by atoms with E-state index in [1.165, 1.54) is 0 Å². The van der Waals surface area contributed by atoms with Gasteiger partial charge in [-0.15, -0.1) is 0 Å². The van der Waals surface area contributed by atoms with Crippen molar-refractivity contribution in [2.45, 2.75) is 13.8 Å². The largest absolute Gasteiger partial charge is 0.370 e. The number of anilines is 1. The van der Waals surface area contributed by atoms with Crippen molar-refractivity contribution in [3.05, 3.63) is 28.3 Å². The quantitative estimate of drug-likeness (QED) is 0.753. The lowest BCUT2D eigenvalue weighted by molar-refractivity contribution is -0.125.